The highest BCUT2D eigenvalue weighted by atomic mass is 16.5. The summed E-state index contributed by atoms with van der Waals surface area (Å²) in [5, 5.41) is 9.61. The molecular weight excluding hydrogens is 196 g/mol. The fourth-order valence-corrected chi connectivity index (χ4v) is 1.66. The SMILES string of the molecule is O=C(NCc1ncon1)C1CCCNC1. The molecule has 2 heterocycles. The van der Waals surface area contributed by atoms with Crippen LogP contribution in [-0.2, 0) is 11.3 Å². The number of amides is 1. The van der Waals surface area contributed by atoms with Gasteiger partial charge in [0.05, 0.1) is 12.5 Å². The van der Waals surface area contributed by atoms with Crippen molar-refractivity contribution < 1.29 is 9.32 Å². The summed E-state index contributed by atoms with van der Waals surface area (Å²) in [7, 11) is 0. The molecule has 1 fully saturated rings. The minimum Gasteiger partial charge on any atom is -0.348 e. The Hall–Kier alpha value is -1.43. The summed E-state index contributed by atoms with van der Waals surface area (Å²) < 4.78 is 4.57. The summed E-state index contributed by atoms with van der Waals surface area (Å²) in [4.78, 5) is 15.5. The summed E-state index contributed by atoms with van der Waals surface area (Å²) in [5.41, 5.74) is 0. The Morgan fingerprint density at radius 2 is 2.67 bits per heavy atom. The van der Waals surface area contributed by atoms with E-state index in [-0.39, 0.29) is 11.8 Å². The Labute approximate surface area is 87.4 Å². The predicted octanol–water partition coefficient (Wildman–Crippen LogP) is -0.315. The standard InChI is InChI=1S/C9H14N4O2/c14-9(7-2-1-3-10-4-7)11-5-8-12-6-15-13-8/h6-7,10H,1-5H2,(H,11,14). The number of piperidine rings is 1. The smallest absolute Gasteiger partial charge is 0.224 e. The minimum atomic E-state index is 0.0620. The van der Waals surface area contributed by atoms with Crippen LogP contribution >= 0.6 is 0 Å². The highest BCUT2D eigenvalue weighted by molar-refractivity contribution is 5.78. The predicted molar refractivity (Wildman–Crippen MR) is 51.7 cm³/mol. The van der Waals surface area contributed by atoms with Crippen molar-refractivity contribution in [1.82, 2.24) is 20.8 Å². The third-order valence-corrected chi connectivity index (χ3v) is 2.50. The first-order valence-corrected chi connectivity index (χ1v) is 5.10. The first kappa shape index (κ1) is 10.1. The van der Waals surface area contributed by atoms with Gasteiger partial charge in [0, 0.05) is 6.54 Å². The van der Waals surface area contributed by atoms with Crippen molar-refractivity contribution in [3.63, 3.8) is 0 Å². The van der Waals surface area contributed by atoms with E-state index in [2.05, 4.69) is 25.3 Å². The lowest BCUT2D eigenvalue weighted by Crippen LogP contribution is -2.40. The van der Waals surface area contributed by atoms with Gasteiger partial charge in [0.15, 0.2) is 5.82 Å². The van der Waals surface area contributed by atoms with Crippen molar-refractivity contribution in [2.24, 2.45) is 5.92 Å². The van der Waals surface area contributed by atoms with Gasteiger partial charge in [0.25, 0.3) is 0 Å². The van der Waals surface area contributed by atoms with E-state index in [1.54, 1.807) is 0 Å². The normalized spacial score (nSPS) is 21.2. The Morgan fingerprint density at radius 3 is 3.33 bits per heavy atom. The van der Waals surface area contributed by atoms with E-state index in [4.69, 9.17) is 0 Å². The van der Waals surface area contributed by atoms with Gasteiger partial charge in [-0.1, -0.05) is 5.16 Å². The van der Waals surface area contributed by atoms with E-state index in [0.717, 1.165) is 25.9 Å². The Kier molecular flexibility index (Phi) is 3.29. The molecule has 0 spiro atoms. The van der Waals surface area contributed by atoms with Gasteiger partial charge in [-0.05, 0) is 19.4 Å². The van der Waals surface area contributed by atoms with E-state index in [9.17, 15) is 4.79 Å². The maximum absolute atomic E-state index is 11.7. The largest absolute Gasteiger partial charge is 0.348 e. The van der Waals surface area contributed by atoms with Crippen molar-refractivity contribution >= 4 is 5.91 Å². The van der Waals surface area contributed by atoms with Gasteiger partial charge in [-0.2, -0.15) is 4.98 Å². The minimum absolute atomic E-state index is 0.0620. The molecule has 1 atom stereocenters. The zero-order valence-electron chi connectivity index (χ0n) is 8.40. The molecule has 1 unspecified atom stereocenters. The summed E-state index contributed by atoms with van der Waals surface area (Å²) in [5.74, 6) is 0.643. The molecule has 0 radical (unpaired) electrons. The molecule has 0 aliphatic carbocycles. The molecule has 6 heteroatoms. The second-order valence-corrected chi connectivity index (χ2v) is 3.61. The zero-order valence-corrected chi connectivity index (χ0v) is 8.40. The molecule has 1 amide bonds. The number of hydrogen-bond donors (Lipinski definition) is 2. The van der Waals surface area contributed by atoms with Crippen molar-refractivity contribution in [3.8, 4) is 0 Å². The van der Waals surface area contributed by atoms with E-state index in [0.29, 0.717) is 12.4 Å². The molecule has 1 aromatic heterocycles. The third-order valence-electron chi connectivity index (χ3n) is 2.50. The molecule has 1 aromatic rings. The van der Waals surface area contributed by atoms with Gasteiger partial charge in [-0.25, -0.2) is 0 Å². The van der Waals surface area contributed by atoms with Crippen LogP contribution in [-0.4, -0.2) is 29.1 Å². The molecule has 6 nitrogen and oxygen atoms in total. The molecule has 0 bridgehead atoms. The first-order chi connectivity index (χ1) is 7.36. The van der Waals surface area contributed by atoms with Gasteiger partial charge in [-0.15, -0.1) is 0 Å². The van der Waals surface area contributed by atoms with Gasteiger partial charge >= 0.3 is 0 Å². The first-order valence-electron chi connectivity index (χ1n) is 5.10. The average molecular weight is 210 g/mol. The Morgan fingerprint density at radius 1 is 1.73 bits per heavy atom. The molecular formula is C9H14N4O2. The molecule has 82 valence electrons. The lowest BCUT2D eigenvalue weighted by Gasteiger charge is -2.21. The molecule has 0 aromatic carbocycles. The number of nitrogens with one attached hydrogen (secondary N) is 2. The molecule has 1 saturated heterocycles. The van der Waals surface area contributed by atoms with Gasteiger partial charge in [-0.3, -0.25) is 4.79 Å². The highest BCUT2D eigenvalue weighted by Gasteiger charge is 2.20. The van der Waals surface area contributed by atoms with E-state index in [1.165, 1.54) is 6.39 Å². The zero-order chi connectivity index (χ0) is 10.5. The number of carbonyl (C=O) groups is 1. The second kappa shape index (κ2) is 4.88. The van der Waals surface area contributed by atoms with Crippen LogP contribution in [0.4, 0.5) is 0 Å². The molecule has 1 aliphatic heterocycles. The fraction of sp³-hybridized carbons (Fsp3) is 0.667. The monoisotopic (exact) mass is 210 g/mol. The van der Waals surface area contributed by atoms with Crippen molar-refractivity contribution in [3.05, 3.63) is 12.2 Å². The van der Waals surface area contributed by atoms with Crippen LogP contribution in [0, 0.1) is 5.92 Å². The van der Waals surface area contributed by atoms with Crippen molar-refractivity contribution in [2.75, 3.05) is 13.1 Å². The number of rotatable bonds is 3. The lowest BCUT2D eigenvalue weighted by atomic mass is 9.99. The van der Waals surface area contributed by atoms with Crippen LogP contribution in [0.2, 0.25) is 0 Å². The topological polar surface area (TPSA) is 80.1 Å². The number of nitrogens with zero attached hydrogens (tertiary/aromatic N) is 2. The third kappa shape index (κ3) is 2.76. The summed E-state index contributed by atoms with van der Waals surface area (Å²) >= 11 is 0. The number of aromatic nitrogens is 2. The summed E-state index contributed by atoms with van der Waals surface area (Å²) in [6, 6.07) is 0. The molecule has 2 N–H and O–H groups in total. The Bertz CT molecular complexity index is 306. The fourth-order valence-electron chi connectivity index (χ4n) is 1.66. The summed E-state index contributed by atoms with van der Waals surface area (Å²) in [6.07, 6.45) is 3.26. The van der Waals surface area contributed by atoms with Crippen LogP contribution in [0.25, 0.3) is 0 Å². The maximum atomic E-state index is 11.7. The maximum Gasteiger partial charge on any atom is 0.224 e. The highest BCUT2D eigenvalue weighted by Crippen LogP contribution is 2.09. The average Bonchev–Trinajstić information content (AvgIpc) is 2.80. The molecule has 15 heavy (non-hydrogen) atoms. The van der Waals surface area contributed by atoms with Crippen LogP contribution in [0.1, 0.15) is 18.7 Å². The van der Waals surface area contributed by atoms with Crippen LogP contribution < -0.4 is 10.6 Å². The number of carbonyl (C=O) groups excluding carboxylic acids is 1. The van der Waals surface area contributed by atoms with E-state index < -0.39 is 0 Å². The lowest BCUT2D eigenvalue weighted by molar-refractivity contribution is -0.125. The summed E-state index contributed by atoms with van der Waals surface area (Å²) in [6.45, 7) is 2.11. The van der Waals surface area contributed by atoms with Crippen LogP contribution in [0.15, 0.2) is 10.9 Å². The van der Waals surface area contributed by atoms with Gasteiger partial charge < -0.3 is 15.2 Å². The number of hydrogen-bond acceptors (Lipinski definition) is 5. The van der Waals surface area contributed by atoms with Crippen molar-refractivity contribution in [2.45, 2.75) is 19.4 Å². The van der Waals surface area contributed by atoms with E-state index in [1.807, 2.05) is 0 Å². The molecule has 2 rings (SSSR count). The van der Waals surface area contributed by atoms with Crippen molar-refractivity contribution in [1.29, 1.82) is 0 Å². The van der Waals surface area contributed by atoms with Crippen LogP contribution in [0.3, 0.4) is 0 Å². The second-order valence-electron chi connectivity index (χ2n) is 3.61. The van der Waals surface area contributed by atoms with Crippen LogP contribution in [0.5, 0.6) is 0 Å². The Balaban J connectivity index is 1.76. The quantitative estimate of drug-likeness (QED) is 0.715. The molecule has 1 aliphatic rings. The van der Waals surface area contributed by atoms with Gasteiger partial charge in [0.1, 0.15) is 0 Å². The van der Waals surface area contributed by atoms with E-state index >= 15 is 0 Å². The van der Waals surface area contributed by atoms with Gasteiger partial charge in [0.2, 0.25) is 12.3 Å². The molecule has 0 saturated carbocycles.